The van der Waals surface area contributed by atoms with Crippen molar-refractivity contribution in [2.45, 2.75) is 19.8 Å². The summed E-state index contributed by atoms with van der Waals surface area (Å²) < 4.78 is 0. The summed E-state index contributed by atoms with van der Waals surface area (Å²) in [5.74, 6) is -0.624. The van der Waals surface area contributed by atoms with Gasteiger partial charge in [0, 0.05) is 11.6 Å². The van der Waals surface area contributed by atoms with Crippen molar-refractivity contribution in [2.75, 3.05) is 5.32 Å². The summed E-state index contributed by atoms with van der Waals surface area (Å²) in [6, 6.07) is 5.85. The number of carboxylic acid groups (broad SMARTS) is 1. The van der Waals surface area contributed by atoms with Crippen LogP contribution in [0.1, 0.15) is 46.6 Å². The molecule has 104 valence electrons. The van der Waals surface area contributed by atoms with Crippen LogP contribution < -0.4 is 5.32 Å². The minimum atomic E-state index is -1.02. The van der Waals surface area contributed by atoms with E-state index in [2.05, 4.69) is 20.5 Å². The highest BCUT2D eigenvalue weighted by molar-refractivity contribution is 6.01. The van der Waals surface area contributed by atoms with E-state index in [1.54, 1.807) is 0 Å². The van der Waals surface area contributed by atoms with Gasteiger partial charge in [-0.05, 0) is 24.3 Å². The number of hydrogen-bond acceptors (Lipinski definition) is 4. The molecule has 0 unspecified atom stereocenters. The Hall–Kier alpha value is -2.70. The van der Waals surface area contributed by atoms with Gasteiger partial charge in [-0.15, -0.1) is 5.10 Å². The lowest BCUT2D eigenvalue weighted by molar-refractivity contribution is 0.0696. The summed E-state index contributed by atoms with van der Waals surface area (Å²) in [6.07, 6.45) is 0. The number of carboxylic acids is 1. The standard InChI is InChI=1S/C13H14N4O3/c1-7(2)10-15-11(17-16-10)12(18)14-9-5-3-8(4-6-9)13(19)20/h3-7H,1-2H3,(H,14,18)(H,19,20)(H,15,16,17). The molecular formula is C13H14N4O3. The van der Waals surface area contributed by atoms with Gasteiger partial charge in [0.1, 0.15) is 5.82 Å². The average Bonchev–Trinajstić information content (AvgIpc) is 2.89. The molecule has 2 aromatic rings. The van der Waals surface area contributed by atoms with Crippen molar-refractivity contribution in [3.05, 3.63) is 41.5 Å². The Balaban J connectivity index is 2.08. The summed E-state index contributed by atoms with van der Waals surface area (Å²) in [5, 5.41) is 17.9. The molecule has 0 aliphatic rings. The molecule has 1 amide bonds. The van der Waals surface area contributed by atoms with Gasteiger partial charge >= 0.3 is 5.97 Å². The predicted molar refractivity (Wildman–Crippen MR) is 71.8 cm³/mol. The number of nitrogens with one attached hydrogen (secondary N) is 2. The number of hydrogen-bond donors (Lipinski definition) is 3. The molecule has 0 aliphatic carbocycles. The molecule has 0 atom stereocenters. The van der Waals surface area contributed by atoms with Crippen molar-refractivity contribution in [1.29, 1.82) is 0 Å². The molecular weight excluding hydrogens is 260 g/mol. The summed E-state index contributed by atoms with van der Waals surface area (Å²) in [4.78, 5) is 26.7. The first-order valence-electron chi connectivity index (χ1n) is 6.04. The lowest BCUT2D eigenvalue weighted by Crippen LogP contribution is -2.14. The molecule has 7 nitrogen and oxygen atoms in total. The van der Waals surface area contributed by atoms with E-state index in [9.17, 15) is 9.59 Å². The number of anilines is 1. The summed E-state index contributed by atoms with van der Waals surface area (Å²) in [7, 11) is 0. The molecule has 0 bridgehead atoms. The summed E-state index contributed by atoms with van der Waals surface area (Å²) in [5.41, 5.74) is 0.638. The summed E-state index contributed by atoms with van der Waals surface area (Å²) >= 11 is 0. The quantitative estimate of drug-likeness (QED) is 0.788. The lowest BCUT2D eigenvalue weighted by Gasteiger charge is -2.02. The molecule has 0 aliphatic heterocycles. The van der Waals surface area contributed by atoms with Gasteiger partial charge in [-0.25, -0.2) is 9.78 Å². The third-order valence-electron chi connectivity index (χ3n) is 2.64. The van der Waals surface area contributed by atoms with Crippen molar-refractivity contribution < 1.29 is 14.7 Å². The molecule has 20 heavy (non-hydrogen) atoms. The molecule has 1 aromatic heterocycles. The first-order valence-corrected chi connectivity index (χ1v) is 6.04. The fourth-order valence-electron chi connectivity index (χ4n) is 1.52. The zero-order chi connectivity index (χ0) is 14.7. The van der Waals surface area contributed by atoms with Crippen LogP contribution in [0.25, 0.3) is 0 Å². The van der Waals surface area contributed by atoms with Crippen LogP contribution >= 0.6 is 0 Å². The number of nitrogens with zero attached hydrogens (tertiary/aromatic N) is 2. The number of aromatic amines is 1. The van der Waals surface area contributed by atoms with E-state index in [1.807, 2.05) is 13.8 Å². The van der Waals surface area contributed by atoms with Gasteiger partial charge in [0.2, 0.25) is 5.82 Å². The maximum Gasteiger partial charge on any atom is 0.335 e. The van der Waals surface area contributed by atoms with Gasteiger partial charge in [-0.2, -0.15) is 0 Å². The maximum absolute atomic E-state index is 11.9. The largest absolute Gasteiger partial charge is 0.478 e. The first-order chi connectivity index (χ1) is 9.47. The van der Waals surface area contributed by atoms with Gasteiger partial charge in [-0.3, -0.25) is 9.89 Å². The van der Waals surface area contributed by atoms with Crippen LogP contribution in [0, 0.1) is 0 Å². The average molecular weight is 274 g/mol. The molecule has 0 spiro atoms. The minimum Gasteiger partial charge on any atom is -0.478 e. The Kier molecular flexibility index (Phi) is 3.79. The maximum atomic E-state index is 11.9. The second-order valence-corrected chi connectivity index (χ2v) is 4.54. The lowest BCUT2D eigenvalue weighted by atomic mass is 10.2. The molecule has 1 heterocycles. The van der Waals surface area contributed by atoms with Crippen molar-refractivity contribution in [3.63, 3.8) is 0 Å². The highest BCUT2D eigenvalue weighted by Gasteiger charge is 2.14. The number of carbonyl (C=O) groups excluding carboxylic acids is 1. The highest BCUT2D eigenvalue weighted by atomic mass is 16.4. The van der Waals surface area contributed by atoms with E-state index < -0.39 is 11.9 Å². The van der Waals surface area contributed by atoms with Gasteiger partial charge in [0.05, 0.1) is 5.56 Å². The fraction of sp³-hybridized carbons (Fsp3) is 0.231. The Labute approximate surface area is 115 Å². The Morgan fingerprint density at radius 1 is 1.25 bits per heavy atom. The second-order valence-electron chi connectivity index (χ2n) is 4.54. The molecule has 0 saturated heterocycles. The Bertz CT molecular complexity index is 631. The van der Waals surface area contributed by atoms with Crippen LogP contribution in [0.5, 0.6) is 0 Å². The molecule has 0 saturated carbocycles. The minimum absolute atomic E-state index is 0.0519. The number of H-pyrrole nitrogens is 1. The normalized spacial score (nSPS) is 10.6. The van der Waals surface area contributed by atoms with Crippen LogP contribution in [0.4, 0.5) is 5.69 Å². The van der Waals surface area contributed by atoms with E-state index in [4.69, 9.17) is 5.11 Å². The Morgan fingerprint density at radius 3 is 2.40 bits per heavy atom. The van der Waals surface area contributed by atoms with E-state index in [0.29, 0.717) is 11.5 Å². The molecule has 0 radical (unpaired) electrons. The number of carbonyl (C=O) groups is 2. The number of aromatic carboxylic acids is 1. The molecule has 1 aromatic carbocycles. The number of amides is 1. The van der Waals surface area contributed by atoms with Crippen LogP contribution in [0.3, 0.4) is 0 Å². The van der Waals surface area contributed by atoms with E-state index >= 15 is 0 Å². The summed E-state index contributed by atoms with van der Waals surface area (Å²) in [6.45, 7) is 3.87. The van der Waals surface area contributed by atoms with Crippen molar-refractivity contribution >= 4 is 17.6 Å². The first kappa shape index (κ1) is 13.7. The fourth-order valence-corrected chi connectivity index (χ4v) is 1.52. The zero-order valence-electron chi connectivity index (χ0n) is 11.0. The molecule has 7 heteroatoms. The van der Waals surface area contributed by atoms with Gasteiger partial charge in [-0.1, -0.05) is 13.8 Å². The van der Waals surface area contributed by atoms with Gasteiger partial charge in [0.15, 0.2) is 0 Å². The van der Waals surface area contributed by atoms with E-state index in [1.165, 1.54) is 24.3 Å². The zero-order valence-corrected chi connectivity index (χ0v) is 11.0. The van der Waals surface area contributed by atoms with Crippen LogP contribution in [0.15, 0.2) is 24.3 Å². The third-order valence-corrected chi connectivity index (χ3v) is 2.64. The van der Waals surface area contributed by atoms with E-state index in [0.717, 1.165) is 0 Å². The topological polar surface area (TPSA) is 108 Å². The van der Waals surface area contributed by atoms with Crippen molar-refractivity contribution in [2.24, 2.45) is 0 Å². The SMILES string of the molecule is CC(C)c1nc(C(=O)Nc2ccc(C(=O)O)cc2)n[nH]1. The molecule has 0 fully saturated rings. The van der Waals surface area contributed by atoms with Crippen LogP contribution in [-0.4, -0.2) is 32.2 Å². The van der Waals surface area contributed by atoms with Crippen molar-refractivity contribution in [3.8, 4) is 0 Å². The Morgan fingerprint density at radius 2 is 1.90 bits per heavy atom. The van der Waals surface area contributed by atoms with Gasteiger partial charge < -0.3 is 10.4 Å². The third kappa shape index (κ3) is 3.00. The monoisotopic (exact) mass is 274 g/mol. The van der Waals surface area contributed by atoms with Gasteiger partial charge in [0.25, 0.3) is 5.91 Å². The van der Waals surface area contributed by atoms with Crippen molar-refractivity contribution in [1.82, 2.24) is 15.2 Å². The predicted octanol–water partition coefficient (Wildman–Crippen LogP) is 1.88. The number of rotatable bonds is 4. The smallest absolute Gasteiger partial charge is 0.335 e. The molecule has 3 N–H and O–H groups in total. The van der Waals surface area contributed by atoms with Crippen LogP contribution in [-0.2, 0) is 0 Å². The number of aromatic nitrogens is 3. The van der Waals surface area contributed by atoms with Crippen LogP contribution in [0.2, 0.25) is 0 Å². The highest BCUT2D eigenvalue weighted by Crippen LogP contribution is 2.12. The second kappa shape index (κ2) is 5.52. The number of benzene rings is 1. The molecule has 2 rings (SSSR count). The van der Waals surface area contributed by atoms with E-state index in [-0.39, 0.29) is 17.3 Å².